The van der Waals surface area contributed by atoms with Gasteiger partial charge in [-0.15, -0.1) is 0 Å². The standard InChI is InChI=1S/C18H25N3O2/c19-9-8-18(22)20-11-15-5-3-4-10-21(15)12-14-13-23-17-7-2-1-6-16(14)17/h1-2,6-7,13,15H,3-5,8-12,19H2,(H,20,22). The third kappa shape index (κ3) is 3.92. The van der Waals surface area contributed by atoms with E-state index in [1.165, 1.54) is 23.8 Å². The molecule has 0 bridgehead atoms. The maximum absolute atomic E-state index is 11.7. The zero-order valence-corrected chi connectivity index (χ0v) is 13.5. The molecule has 1 aliphatic heterocycles. The third-order valence-electron chi connectivity index (χ3n) is 4.59. The Morgan fingerprint density at radius 3 is 3.09 bits per heavy atom. The molecule has 0 radical (unpaired) electrons. The Labute approximate surface area is 136 Å². The summed E-state index contributed by atoms with van der Waals surface area (Å²) >= 11 is 0. The minimum Gasteiger partial charge on any atom is -0.464 e. The molecule has 3 rings (SSSR count). The van der Waals surface area contributed by atoms with Crippen molar-refractivity contribution in [2.45, 2.75) is 38.3 Å². The molecular formula is C18H25N3O2. The highest BCUT2D eigenvalue weighted by Crippen LogP contribution is 2.25. The number of rotatable bonds is 6. The fourth-order valence-corrected chi connectivity index (χ4v) is 3.32. The summed E-state index contributed by atoms with van der Waals surface area (Å²) in [4.78, 5) is 14.1. The van der Waals surface area contributed by atoms with E-state index in [9.17, 15) is 4.79 Å². The van der Waals surface area contributed by atoms with Crippen LogP contribution in [-0.2, 0) is 11.3 Å². The molecule has 5 heteroatoms. The highest BCUT2D eigenvalue weighted by Gasteiger charge is 2.23. The Balaban J connectivity index is 1.65. The van der Waals surface area contributed by atoms with Crippen molar-refractivity contribution in [1.29, 1.82) is 0 Å². The van der Waals surface area contributed by atoms with E-state index >= 15 is 0 Å². The molecule has 1 amide bonds. The second kappa shape index (κ2) is 7.62. The first-order valence-electron chi connectivity index (χ1n) is 8.44. The molecule has 23 heavy (non-hydrogen) atoms. The molecule has 1 aliphatic rings. The van der Waals surface area contributed by atoms with Crippen molar-refractivity contribution in [3.05, 3.63) is 36.1 Å². The number of likely N-dealkylation sites (tertiary alicyclic amines) is 1. The van der Waals surface area contributed by atoms with Crippen molar-refractivity contribution < 1.29 is 9.21 Å². The zero-order valence-electron chi connectivity index (χ0n) is 13.5. The minimum absolute atomic E-state index is 0.0479. The first kappa shape index (κ1) is 16.0. The number of nitrogens with one attached hydrogen (secondary N) is 1. The van der Waals surface area contributed by atoms with Gasteiger partial charge in [-0.2, -0.15) is 0 Å². The van der Waals surface area contributed by atoms with Crippen LogP contribution >= 0.6 is 0 Å². The predicted octanol–water partition coefficient (Wildman–Crippen LogP) is 2.25. The van der Waals surface area contributed by atoms with Crippen LogP contribution in [0.4, 0.5) is 0 Å². The Hall–Kier alpha value is -1.85. The van der Waals surface area contributed by atoms with Crippen LogP contribution in [0.5, 0.6) is 0 Å². The van der Waals surface area contributed by atoms with Gasteiger partial charge in [-0.1, -0.05) is 24.6 Å². The van der Waals surface area contributed by atoms with Gasteiger partial charge < -0.3 is 15.5 Å². The number of amides is 1. The molecule has 0 aliphatic carbocycles. The molecule has 5 nitrogen and oxygen atoms in total. The molecule has 1 aromatic heterocycles. The lowest BCUT2D eigenvalue weighted by Crippen LogP contribution is -2.46. The van der Waals surface area contributed by atoms with Crippen LogP contribution in [0.2, 0.25) is 0 Å². The highest BCUT2D eigenvalue weighted by atomic mass is 16.3. The van der Waals surface area contributed by atoms with Crippen molar-refractivity contribution in [1.82, 2.24) is 10.2 Å². The topological polar surface area (TPSA) is 71.5 Å². The van der Waals surface area contributed by atoms with Crippen LogP contribution in [0.3, 0.4) is 0 Å². The maximum Gasteiger partial charge on any atom is 0.221 e. The quantitative estimate of drug-likeness (QED) is 0.857. The van der Waals surface area contributed by atoms with Crippen LogP contribution in [0.1, 0.15) is 31.2 Å². The highest BCUT2D eigenvalue weighted by molar-refractivity contribution is 5.80. The van der Waals surface area contributed by atoms with E-state index in [0.717, 1.165) is 25.1 Å². The molecule has 1 fully saturated rings. The molecule has 1 aromatic carbocycles. The largest absolute Gasteiger partial charge is 0.464 e. The van der Waals surface area contributed by atoms with Crippen molar-refractivity contribution in [3.8, 4) is 0 Å². The minimum atomic E-state index is 0.0479. The fraction of sp³-hybridized carbons (Fsp3) is 0.500. The van der Waals surface area contributed by atoms with Gasteiger partial charge in [0.05, 0.1) is 6.26 Å². The summed E-state index contributed by atoms with van der Waals surface area (Å²) in [5.41, 5.74) is 7.59. The Bertz CT molecular complexity index is 653. The van der Waals surface area contributed by atoms with Gasteiger partial charge in [0, 0.05) is 43.0 Å². The third-order valence-corrected chi connectivity index (χ3v) is 4.59. The van der Waals surface area contributed by atoms with Crippen LogP contribution in [0, 0.1) is 0 Å². The SMILES string of the molecule is NCCC(=O)NCC1CCCCN1Cc1coc2ccccc12. The van der Waals surface area contributed by atoms with Gasteiger partial charge in [-0.25, -0.2) is 0 Å². The molecular weight excluding hydrogens is 290 g/mol. The summed E-state index contributed by atoms with van der Waals surface area (Å²) in [6.45, 7) is 3.04. The Kier molecular flexibility index (Phi) is 5.31. The van der Waals surface area contributed by atoms with Gasteiger partial charge in [0.2, 0.25) is 5.91 Å². The van der Waals surface area contributed by atoms with Gasteiger partial charge in [-0.3, -0.25) is 9.69 Å². The maximum atomic E-state index is 11.7. The van der Waals surface area contributed by atoms with Gasteiger partial charge in [0.15, 0.2) is 0 Å². The van der Waals surface area contributed by atoms with Crippen LogP contribution in [-0.4, -0.2) is 36.5 Å². The summed E-state index contributed by atoms with van der Waals surface area (Å²) in [7, 11) is 0. The molecule has 124 valence electrons. The lowest BCUT2D eigenvalue weighted by atomic mass is 10.0. The summed E-state index contributed by atoms with van der Waals surface area (Å²) in [6, 6.07) is 8.53. The Morgan fingerprint density at radius 1 is 1.35 bits per heavy atom. The number of fused-ring (bicyclic) bond motifs is 1. The summed E-state index contributed by atoms with van der Waals surface area (Å²) < 4.78 is 5.65. The van der Waals surface area contributed by atoms with E-state index in [0.29, 0.717) is 25.6 Å². The predicted molar refractivity (Wildman–Crippen MR) is 90.9 cm³/mol. The molecule has 0 spiro atoms. The van der Waals surface area contributed by atoms with E-state index in [4.69, 9.17) is 10.2 Å². The molecule has 1 atom stereocenters. The number of furan rings is 1. The van der Waals surface area contributed by atoms with Crippen molar-refractivity contribution >= 4 is 16.9 Å². The molecule has 1 unspecified atom stereocenters. The molecule has 0 saturated carbocycles. The number of nitrogens with two attached hydrogens (primary N) is 1. The van der Waals surface area contributed by atoms with E-state index in [2.05, 4.69) is 16.3 Å². The monoisotopic (exact) mass is 315 g/mol. The van der Waals surface area contributed by atoms with Crippen molar-refractivity contribution in [3.63, 3.8) is 0 Å². The van der Waals surface area contributed by atoms with Crippen LogP contribution in [0.25, 0.3) is 11.0 Å². The van der Waals surface area contributed by atoms with Gasteiger partial charge >= 0.3 is 0 Å². The molecule has 2 heterocycles. The van der Waals surface area contributed by atoms with E-state index in [1.807, 2.05) is 24.5 Å². The van der Waals surface area contributed by atoms with Crippen molar-refractivity contribution in [2.75, 3.05) is 19.6 Å². The summed E-state index contributed by atoms with van der Waals surface area (Å²) in [5.74, 6) is 0.0479. The van der Waals surface area contributed by atoms with Crippen molar-refractivity contribution in [2.24, 2.45) is 5.73 Å². The number of para-hydroxylation sites is 1. The van der Waals surface area contributed by atoms with Gasteiger partial charge in [0.25, 0.3) is 0 Å². The van der Waals surface area contributed by atoms with E-state index < -0.39 is 0 Å². The smallest absolute Gasteiger partial charge is 0.221 e. The first-order valence-corrected chi connectivity index (χ1v) is 8.44. The molecule has 3 N–H and O–H groups in total. The lowest BCUT2D eigenvalue weighted by Gasteiger charge is -2.35. The second-order valence-corrected chi connectivity index (χ2v) is 6.22. The van der Waals surface area contributed by atoms with Gasteiger partial charge in [-0.05, 0) is 25.5 Å². The molecule has 2 aromatic rings. The zero-order chi connectivity index (χ0) is 16.1. The number of hydrogen-bond donors (Lipinski definition) is 2. The average Bonchev–Trinajstić information content (AvgIpc) is 2.98. The first-order chi connectivity index (χ1) is 11.3. The van der Waals surface area contributed by atoms with Gasteiger partial charge in [0.1, 0.15) is 5.58 Å². The Morgan fingerprint density at radius 2 is 2.22 bits per heavy atom. The van der Waals surface area contributed by atoms with Crippen LogP contribution < -0.4 is 11.1 Å². The van der Waals surface area contributed by atoms with Crippen LogP contribution in [0.15, 0.2) is 34.9 Å². The second-order valence-electron chi connectivity index (χ2n) is 6.22. The normalized spacial score (nSPS) is 19.1. The van der Waals surface area contributed by atoms with E-state index in [1.54, 1.807) is 0 Å². The summed E-state index contributed by atoms with van der Waals surface area (Å²) in [6.07, 6.45) is 5.82. The number of carbonyl (C=O) groups is 1. The molecule has 1 saturated heterocycles. The number of piperidine rings is 1. The average molecular weight is 315 g/mol. The fourth-order valence-electron chi connectivity index (χ4n) is 3.32. The number of benzene rings is 1. The number of hydrogen-bond acceptors (Lipinski definition) is 4. The number of nitrogens with zero attached hydrogens (tertiary/aromatic N) is 1. The lowest BCUT2D eigenvalue weighted by molar-refractivity contribution is -0.121. The summed E-state index contributed by atoms with van der Waals surface area (Å²) in [5, 5.41) is 4.20. The van der Waals surface area contributed by atoms with E-state index in [-0.39, 0.29) is 5.91 Å². The number of carbonyl (C=O) groups excluding carboxylic acids is 1.